The molecule has 6 heteroatoms. The molecule has 0 aliphatic rings. The van der Waals surface area contributed by atoms with Crippen molar-refractivity contribution in [3.63, 3.8) is 0 Å². The number of halogens is 2. The Balaban J connectivity index is 2.49. The third kappa shape index (κ3) is 6.35. The summed E-state index contributed by atoms with van der Waals surface area (Å²) in [6.45, 7) is 6.60. The first-order valence-electron chi connectivity index (χ1n) is 7.62. The van der Waals surface area contributed by atoms with Gasteiger partial charge in [-0.25, -0.2) is 4.98 Å². The van der Waals surface area contributed by atoms with Crippen LogP contribution in [0.3, 0.4) is 0 Å². The monoisotopic (exact) mass is 363 g/mol. The number of hydrogen-bond donors (Lipinski definition) is 0. The van der Waals surface area contributed by atoms with E-state index in [9.17, 15) is 4.79 Å². The van der Waals surface area contributed by atoms with Crippen molar-refractivity contribution >= 4 is 40.9 Å². The Bertz CT molecular complexity index is 485. The van der Waals surface area contributed by atoms with Crippen LogP contribution in [0.5, 0.6) is 0 Å². The highest BCUT2D eigenvalue weighted by molar-refractivity contribution is 8.00. The summed E-state index contributed by atoms with van der Waals surface area (Å²) in [5.41, 5.74) is 0. The summed E-state index contributed by atoms with van der Waals surface area (Å²) in [6.07, 6.45) is 6.05. The average Bonchev–Trinajstić information content (AvgIpc) is 2.51. The van der Waals surface area contributed by atoms with Gasteiger partial charge in [0.15, 0.2) is 0 Å². The van der Waals surface area contributed by atoms with Crippen LogP contribution < -0.4 is 0 Å². The number of carbonyl (C=O) groups excluding carboxylic acids is 1. The topological polar surface area (TPSA) is 39.2 Å². The van der Waals surface area contributed by atoms with Gasteiger partial charge < -0.3 is 4.74 Å². The van der Waals surface area contributed by atoms with Crippen molar-refractivity contribution in [2.45, 2.75) is 56.6 Å². The minimum absolute atomic E-state index is 0.219. The van der Waals surface area contributed by atoms with Gasteiger partial charge in [-0.15, -0.1) is 11.8 Å². The maximum Gasteiger partial charge on any atom is 0.319 e. The summed E-state index contributed by atoms with van der Waals surface area (Å²) in [5, 5.41) is 0.292. The Morgan fingerprint density at radius 2 is 2.14 bits per heavy atom. The molecule has 1 aromatic heterocycles. The van der Waals surface area contributed by atoms with Gasteiger partial charge in [0.25, 0.3) is 0 Å². The number of aromatic nitrogens is 1. The van der Waals surface area contributed by atoms with Crippen molar-refractivity contribution in [1.29, 1.82) is 0 Å². The Hall–Kier alpha value is -0.450. The molecule has 0 radical (unpaired) electrons. The van der Waals surface area contributed by atoms with Crippen LogP contribution in [0.2, 0.25) is 10.2 Å². The average molecular weight is 364 g/mol. The minimum Gasteiger partial charge on any atom is -0.465 e. The van der Waals surface area contributed by atoms with Crippen LogP contribution >= 0.6 is 35.0 Å². The predicted octanol–water partition coefficient (Wildman–Crippen LogP) is 5.63. The number of rotatable bonds is 9. The second kappa shape index (κ2) is 10.3. The standard InChI is InChI=1S/C16H23Cl2NO2S/c1-4-6-7-12(5-2)10-21-16(20)11(3)22-13-8-9-19-15(18)14(13)17/h8-9,11-12H,4-7,10H2,1-3H3. The molecular formula is C16H23Cl2NO2S. The molecule has 0 bridgehead atoms. The lowest BCUT2D eigenvalue weighted by Gasteiger charge is -2.17. The molecule has 0 N–H and O–H groups in total. The van der Waals surface area contributed by atoms with Gasteiger partial charge >= 0.3 is 5.97 Å². The van der Waals surface area contributed by atoms with Crippen LogP contribution in [0.1, 0.15) is 46.5 Å². The largest absolute Gasteiger partial charge is 0.465 e. The summed E-state index contributed by atoms with van der Waals surface area (Å²) in [4.78, 5) is 16.7. The van der Waals surface area contributed by atoms with Crippen molar-refractivity contribution in [3.8, 4) is 0 Å². The van der Waals surface area contributed by atoms with E-state index in [0.29, 0.717) is 17.5 Å². The predicted molar refractivity (Wildman–Crippen MR) is 93.8 cm³/mol. The summed E-state index contributed by atoms with van der Waals surface area (Å²) in [5.74, 6) is 0.226. The zero-order valence-corrected chi connectivity index (χ0v) is 15.6. The van der Waals surface area contributed by atoms with Gasteiger partial charge in [-0.3, -0.25) is 4.79 Å². The van der Waals surface area contributed by atoms with E-state index in [1.54, 1.807) is 12.3 Å². The lowest BCUT2D eigenvalue weighted by Crippen LogP contribution is -2.21. The van der Waals surface area contributed by atoms with Crippen LogP contribution in [0.4, 0.5) is 0 Å². The van der Waals surface area contributed by atoms with E-state index in [0.717, 1.165) is 24.2 Å². The van der Waals surface area contributed by atoms with Gasteiger partial charge in [0.1, 0.15) is 10.4 Å². The number of thioether (sulfide) groups is 1. The van der Waals surface area contributed by atoms with Gasteiger partial charge in [-0.1, -0.05) is 56.3 Å². The highest BCUT2D eigenvalue weighted by Gasteiger charge is 2.19. The fraction of sp³-hybridized carbons (Fsp3) is 0.625. The molecule has 124 valence electrons. The summed E-state index contributed by atoms with van der Waals surface area (Å²) in [6, 6.07) is 1.75. The van der Waals surface area contributed by atoms with Crippen molar-refractivity contribution in [2.75, 3.05) is 6.61 Å². The Labute approximate surface area is 147 Å². The molecular weight excluding hydrogens is 341 g/mol. The zero-order chi connectivity index (χ0) is 16.5. The second-order valence-electron chi connectivity index (χ2n) is 5.22. The number of ether oxygens (including phenoxy) is 1. The van der Waals surface area contributed by atoms with Crippen molar-refractivity contribution in [1.82, 2.24) is 4.98 Å². The van der Waals surface area contributed by atoms with Crippen molar-refractivity contribution in [3.05, 3.63) is 22.4 Å². The molecule has 2 unspecified atom stereocenters. The van der Waals surface area contributed by atoms with Gasteiger partial charge in [-0.2, -0.15) is 0 Å². The van der Waals surface area contributed by atoms with Gasteiger partial charge in [-0.05, 0) is 25.3 Å². The van der Waals surface area contributed by atoms with Gasteiger partial charge in [0, 0.05) is 11.1 Å². The summed E-state index contributed by atoms with van der Waals surface area (Å²) in [7, 11) is 0. The molecule has 0 saturated heterocycles. The maximum atomic E-state index is 12.1. The number of pyridine rings is 1. The highest BCUT2D eigenvalue weighted by atomic mass is 35.5. The van der Waals surface area contributed by atoms with E-state index in [4.69, 9.17) is 27.9 Å². The van der Waals surface area contributed by atoms with E-state index in [2.05, 4.69) is 18.8 Å². The normalized spacial score (nSPS) is 13.7. The Morgan fingerprint density at radius 3 is 2.77 bits per heavy atom. The first kappa shape index (κ1) is 19.6. The molecule has 1 aromatic rings. The molecule has 0 aromatic carbocycles. The van der Waals surface area contributed by atoms with Crippen LogP contribution in [-0.4, -0.2) is 22.8 Å². The van der Waals surface area contributed by atoms with Crippen LogP contribution in [0.25, 0.3) is 0 Å². The SMILES string of the molecule is CCCCC(CC)COC(=O)C(C)Sc1ccnc(Cl)c1Cl. The van der Waals surface area contributed by atoms with E-state index in [-0.39, 0.29) is 16.4 Å². The van der Waals surface area contributed by atoms with E-state index < -0.39 is 0 Å². The Morgan fingerprint density at radius 1 is 1.41 bits per heavy atom. The van der Waals surface area contributed by atoms with E-state index in [1.165, 1.54) is 18.2 Å². The van der Waals surface area contributed by atoms with Gasteiger partial charge in [0.05, 0.1) is 11.6 Å². The molecule has 0 aliphatic carbocycles. The van der Waals surface area contributed by atoms with E-state index >= 15 is 0 Å². The molecule has 22 heavy (non-hydrogen) atoms. The molecule has 0 fully saturated rings. The van der Waals surface area contributed by atoms with Crippen LogP contribution in [-0.2, 0) is 9.53 Å². The lowest BCUT2D eigenvalue weighted by molar-refractivity contribution is -0.144. The fourth-order valence-electron chi connectivity index (χ4n) is 1.95. The molecule has 2 atom stereocenters. The molecule has 3 nitrogen and oxygen atoms in total. The summed E-state index contributed by atoms with van der Waals surface area (Å²) < 4.78 is 5.44. The third-order valence-electron chi connectivity index (χ3n) is 3.45. The molecule has 1 heterocycles. The lowest BCUT2D eigenvalue weighted by atomic mass is 10.0. The zero-order valence-electron chi connectivity index (χ0n) is 13.3. The number of carbonyl (C=O) groups is 1. The van der Waals surface area contributed by atoms with Crippen LogP contribution in [0, 0.1) is 5.92 Å². The van der Waals surface area contributed by atoms with Crippen LogP contribution in [0.15, 0.2) is 17.2 Å². The molecule has 0 amide bonds. The Kier molecular flexibility index (Phi) is 9.22. The molecule has 0 aliphatic heterocycles. The van der Waals surface area contributed by atoms with Crippen molar-refractivity contribution < 1.29 is 9.53 Å². The minimum atomic E-state index is -0.334. The fourth-order valence-corrected chi connectivity index (χ4v) is 3.29. The number of unbranched alkanes of at least 4 members (excludes halogenated alkanes) is 1. The number of esters is 1. The molecule has 0 saturated carbocycles. The highest BCUT2D eigenvalue weighted by Crippen LogP contribution is 2.34. The second-order valence-corrected chi connectivity index (χ2v) is 7.34. The van der Waals surface area contributed by atoms with Gasteiger partial charge in [0.2, 0.25) is 0 Å². The first-order chi connectivity index (χ1) is 10.5. The third-order valence-corrected chi connectivity index (χ3v) is 5.47. The maximum absolute atomic E-state index is 12.1. The quantitative estimate of drug-likeness (QED) is 0.323. The smallest absolute Gasteiger partial charge is 0.319 e. The first-order valence-corrected chi connectivity index (χ1v) is 9.26. The van der Waals surface area contributed by atoms with E-state index in [1.807, 2.05) is 6.92 Å². The van der Waals surface area contributed by atoms with Crippen molar-refractivity contribution in [2.24, 2.45) is 5.92 Å². The molecule has 0 spiro atoms. The molecule has 1 rings (SSSR count). The number of hydrogen-bond acceptors (Lipinski definition) is 4. The summed E-state index contributed by atoms with van der Waals surface area (Å²) >= 11 is 13.3. The number of nitrogens with zero attached hydrogens (tertiary/aromatic N) is 1.